The minimum absolute atomic E-state index is 0.289. The van der Waals surface area contributed by atoms with Crippen LogP contribution >= 0.6 is 0 Å². The summed E-state index contributed by atoms with van der Waals surface area (Å²) in [7, 11) is 0. The molecule has 154 valence electrons. The third-order valence-electron chi connectivity index (χ3n) is 3.38. The number of hydrogen-bond donors (Lipinski definition) is 8. The van der Waals surface area contributed by atoms with Gasteiger partial charge in [-0.1, -0.05) is 0 Å². The van der Waals surface area contributed by atoms with Crippen LogP contribution in [0.3, 0.4) is 0 Å². The fraction of sp³-hybridized carbons (Fsp3) is 0.643. The first-order valence-corrected chi connectivity index (χ1v) is 7.93. The first kappa shape index (κ1) is 24.2. The molecule has 0 radical (unpaired) electrons. The Bertz CT molecular complexity index is 568. The molecule has 0 rings (SSSR count). The predicted molar refractivity (Wildman–Crippen MR) is 89.7 cm³/mol. The molecule has 0 aliphatic heterocycles. The van der Waals surface area contributed by atoms with Gasteiger partial charge in [-0.25, -0.2) is 4.79 Å². The minimum Gasteiger partial charge on any atom is -0.480 e. The lowest BCUT2D eigenvalue weighted by Gasteiger charge is -2.25. The van der Waals surface area contributed by atoms with E-state index in [4.69, 9.17) is 16.6 Å². The van der Waals surface area contributed by atoms with Crippen molar-refractivity contribution in [3.8, 4) is 0 Å². The molecule has 10 N–H and O–H groups in total. The third kappa shape index (κ3) is 8.94. The number of carboxylic acids is 1. The van der Waals surface area contributed by atoms with Crippen molar-refractivity contribution in [3.05, 3.63) is 0 Å². The fourth-order valence-corrected chi connectivity index (χ4v) is 1.91. The lowest BCUT2D eigenvalue weighted by molar-refractivity contribution is -0.143. The number of carboxylic acid groups (broad SMARTS) is 1. The van der Waals surface area contributed by atoms with Crippen LogP contribution in [0.15, 0.2) is 0 Å². The van der Waals surface area contributed by atoms with Gasteiger partial charge in [0.15, 0.2) is 0 Å². The van der Waals surface area contributed by atoms with E-state index in [1.54, 1.807) is 0 Å². The number of aliphatic carboxylic acids is 1. The monoisotopic (exact) mass is 391 g/mol. The quantitative estimate of drug-likeness (QED) is 0.159. The van der Waals surface area contributed by atoms with Crippen molar-refractivity contribution in [1.29, 1.82) is 0 Å². The highest BCUT2D eigenvalue weighted by Gasteiger charge is 2.32. The van der Waals surface area contributed by atoms with E-state index in [0.29, 0.717) is 0 Å². The Labute approximate surface area is 154 Å². The summed E-state index contributed by atoms with van der Waals surface area (Å²) < 4.78 is 0. The van der Waals surface area contributed by atoms with Gasteiger partial charge in [-0.15, -0.1) is 0 Å². The molecule has 0 aliphatic rings. The van der Waals surface area contributed by atoms with E-state index in [1.807, 2.05) is 0 Å². The predicted octanol–water partition coefficient (Wildman–Crippen LogP) is -4.88. The zero-order valence-electron chi connectivity index (χ0n) is 14.7. The van der Waals surface area contributed by atoms with E-state index in [9.17, 15) is 34.2 Å². The minimum atomic E-state index is -1.59. The molecule has 4 atom stereocenters. The van der Waals surface area contributed by atoms with Crippen LogP contribution < -0.4 is 27.4 Å². The number of nitrogens with one attached hydrogen (secondary N) is 3. The summed E-state index contributed by atoms with van der Waals surface area (Å²) in [6.45, 7) is -0.0809. The number of nitrogens with two attached hydrogens (primary N) is 2. The highest BCUT2D eigenvalue weighted by atomic mass is 16.4. The Balaban J connectivity index is 5.10. The third-order valence-corrected chi connectivity index (χ3v) is 3.38. The normalized spacial score (nSPS) is 15.0. The molecule has 0 saturated heterocycles. The first-order valence-electron chi connectivity index (χ1n) is 7.93. The van der Waals surface area contributed by atoms with Crippen LogP contribution in [0.4, 0.5) is 0 Å². The van der Waals surface area contributed by atoms with Crippen LogP contribution in [0, 0.1) is 0 Å². The molecular formula is C14H25N5O8. The van der Waals surface area contributed by atoms with Gasteiger partial charge in [0.05, 0.1) is 19.3 Å². The van der Waals surface area contributed by atoms with Crippen LogP contribution in [-0.2, 0) is 24.0 Å². The number of rotatable bonds is 12. The zero-order chi connectivity index (χ0) is 21.1. The Morgan fingerprint density at radius 3 is 2.00 bits per heavy atom. The molecule has 0 aromatic heterocycles. The molecule has 13 heteroatoms. The van der Waals surface area contributed by atoms with Crippen LogP contribution in [0.5, 0.6) is 0 Å². The average molecular weight is 391 g/mol. The molecule has 0 aromatic rings. The maximum Gasteiger partial charge on any atom is 0.326 e. The van der Waals surface area contributed by atoms with Crippen molar-refractivity contribution < 1.29 is 39.3 Å². The van der Waals surface area contributed by atoms with Crippen molar-refractivity contribution in [3.63, 3.8) is 0 Å². The number of amides is 4. The van der Waals surface area contributed by atoms with E-state index >= 15 is 0 Å². The number of primary amides is 1. The molecular weight excluding hydrogens is 366 g/mol. The fourth-order valence-electron chi connectivity index (χ4n) is 1.91. The highest BCUT2D eigenvalue weighted by Crippen LogP contribution is 2.01. The molecule has 0 aliphatic carbocycles. The maximum absolute atomic E-state index is 12.2. The summed E-state index contributed by atoms with van der Waals surface area (Å²) in [5.41, 5.74) is 10.0. The average Bonchev–Trinajstić information content (AvgIpc) is 2.59. The lowest BCUT2D eigenvalue weighted by atomic mass is 10.1. The molecule has 0 aromatic carbocycles. The highest BCUT2D eigenvalue weighted by molar-refractivity contribution is 5.94. The Morgan fingerprint density at radius 2 is 1.59 bits per heavy atom. The van der Waals surface area contributed by atoms with Gasteiger partial charge >= 0.3 is 5.97 Å². The summed E-state index contributed by atoms with van der Waals surface area (Å²) in [5, 5.41) is 34.3. The smallest absolute Gasteiger partial charge is 0.326 e. The van der Waals surface area contributed by atoms with Crippen molar-refractivity contribution >= 4 is 29.6 Å². The van der Waals surface area contributed by atoms with Crippen LogP contribution in [0.25, 0.3) is 0 Å². The van der Waals surface area contributed by atoms with Gasteiger partial charge < -0.3 is 42.7 Å². The van der Waals surface area contributed by atoms with Gasteiger partial charge in [0, 0.05) is 6.42 Å². The van der Waals surface area contributed by atoms with Gasteiger partial charge in [0.1, 0.15) is 18.1 Å². The lowest BCUT2D eigenvalue weighted by Crippen LogP contribution is -2.60. The standard InChI is InChI=1S/C14H25N5O8/c1-6(21)11(19-12(24)8(5-20)17-10(23)4-15)13(25)18-7(14(26)27)2-3-9(16)22/h6-8,11,20-21H,2-5,15H2,1H3,(H2,16,22)(H,17,23)(H,18,25)(H,19,24)(H,26,27). The second-order valence-corrected chi connectivity index (χ2v) is 5.64. The van der Waals surface area contributed by atoms with Crippen LogP contribution in [0.2, 0.25) is 0 Å². The molecule has 0 spiro atoms. The van der Waals surface area contributed by atoms with E-state index in [-0.39, 0.29) is 12.8 Å². The van der Waals surface area contributed by atoms with Crippen molar-refractivity contribution in [2.24, 2.45) is 11.5 Å². The van der Waals surface area contributed by atoms with E-state index in [2.05, 4.69) is 16.0 Å². The first-order chi connectivity index (χ1) is 12.5. The second-order valence-electron chi connectivity index (χ2n) is 5.64. The van der Waals surface area contributed by atoms with E-state index < -0.39 is 67.0 Å². The number of carbonyl (C=O) groups excluding carboxylic acids is 4. The molecule has 13 nitrogen and oxygen atoms in total. The van der Waals surface area contributed by atoms with Crippen molar-refractivity contribution in [1.82, 2.24) is 16.0 Å². The summed E-state index contributed by atoms with van der Waals surface area (Å²) in [6.07, 6.45) is -2.03. The summed E-state index contributed by atoms with van der Waals surface area (Å²) in [6, 6.07) is -4.49. The van der Waals surface area contributed by atoms with Gasteiger partial charge in [-0.3, -0.25) is 19.2 Å². The molecule has 27 heavy (non-hydrogen) atoms. The summed E-state index contributed by atoms with van der Waals surface area (Å²) in [5.74, 6) is -4.98. The number of aliphatic hydroxyl groups is 2. The summed E-state index contributed by atoms with van der Waals surface area (Å²) >= 11 is 0. The van der Waals surface area contributed by atoms with Crippen molar-refractivity contribution in [2.45, 2.75) is 44.0 Å². The van der Waals surface area contributed by atoms with Gasteiger partial charge in [0.2, 0.25) is 23.6 Å². The van der Waals surface area contributed by atoms with Crippen LogP contribution in [0.1, 0.15) is 19.8 Å². The number of hydrogen-bond acceptors (Lipinski definition) is 8. The SMILES string of the molecule is CC(O)C(NC(=O)C(CO)NC(=O)CN)C(=O)NC(CCC(N)=O)C(=O)O. The van der Waals surface area contributed by atoms with Crippen molar-refractivity contribution in [2.75, 3.05) is 13.2 Å². The Morgan fingerprint density at radius 1 is 1.00 bits per heavy atom. The summed E-state index contributed by atoms with van der Waals surface area (Å²) in [4.78, 5) is 57.5. The number of aliphatic hydroxyl groups excluding tert-OH is 2. The molecule has 4 amide bonds. The van der Waals surface area contributed by atoms with Crippen LogP contribution in [-0.4, -0.2) is 82.3 Å². The molecule has 0 heterocycles. The maximum atomic E-state index is 12.2. The van der Waals surface area contributed by atoms with Gasteiger partial charge in [0.25, 0.3) is 0 Å². The molecule has 0 saturated carbocycles. The Hall–Kier alpha value is -2.77. The molecule has 0 bridgehead atoms. The van der Waals surface area contributed by atoms with Gasteiger partial charge in [-0.2, -0.15) is 0 Å². The van der Waals surface area contributed by atoms with E-state index in [1.165, 1.54) is 0 Å². The Kier molecular flexibility index (Phi) is 10.6. The number of carbonyl (C=O) groups is 5. The van der Waals surface area contributed by atoms with Gasteiger partial charge in [-0.05, 0) is 13.3 Å². The topological polar surface area (TPSA) is 234 Å². The molecule has 4 unspecified atom stereocenters. The molecule has 0 fully saturated rings. The largest absolute Gasteiger partial charge is 0.480 e. The second kappa shape index (κ2) is 11.8. The zero-order valence-corrected chi connectivity index (χ0v) is 14.7. The van der Waals surface area contributed by atoms with E-state index in [0.717, 1.165) is 6.92 Å².